The topological polar surface area (TPSA) is 77.8 Å². The molecule has 0 saturated heterocycles. The van der Waals surface area contributed by atoms with Gasteiger partial charge in [-0.25, -0.2) is 0 Å². The Hall–Kier alpha value is -1.77. The lowest BCUT2D eigenvalue weighted by Gasteiger charge is -2.47. The molecule has 0 aliphatic heterocycles. The summed E-state index contributed by atoms with van der Waals surface area (Å²) in [7, 11) is 2.98. The van der Waals surface area contributed by atoms with Crippen LogP contribution in [0.5, 0.6) is 0 Å². The van der Waals surface area contributed by atoms with E-state index in [9.17, 15) is 33.0 Å². The monoisotopic (exact) mass is 439 g/mol. The van der Waals surface area contributed by atoms with E-state index in [1.807, 2.05) is 0 Å². The molecule has 0 spiro atoms. The van der Waals surface area contributed by atoms with Gasteiger partial charge in [0.2, 0.25) is 0 Å². The summed E-state index contributed by atoms with van der Waals surface area (Å²) in [6.07, 6.45) is -2.53. The zero-order chi connectivity index (χ0) is 21.7. The number of carboxylic acids is 2. The number of hydrogen-bond donors (Lipinski definition) is 2. The SMILES string of the molecule is CC1C=CC(C(=O)O)(c2c(Cl)cc(C(F)(F)F)cc2Cl)CC1(C(=O)O)N(C)C. The van der Waals surface area contributed by atoms with Gasteiger partial charge >= 0.3 is 18.1 Å². The Morgan fingerprint density at radius 1 is 1.14 bits per heavy atom. The number of aliphatic carboxylic acids is 2. The van der Waals surface area contributed by atoms with Crippen molar-refractivity contribution in [1.82, 2.24) is 4.90 Å². The van der Waals surface area contributed by atoms with Crippen LogP contribution >= 0.6 is 23.2 Å². The molecule has 0 fully saturated rings. The van der Waals surface area contributed by atoms with Crippen molar-refractivity contribution in [3.05, 3.63) is 45.5 Å². The molecule has 1 aliphatic rings. The van der Waals surface area contributed by atoms with Gasteiger partial charge < -0.3 is 10.2 Å². The molecule has 10 heteroatoms. The molecule has 0 bridgehead atoms. The molecule has 154 valence electrons. The normalized spacial score (nSPS) is 27.8. The van der Waals surface area contributed by atoms with Crippen LogP contribution in [0.1, 0.15) is 24.5 Å². The molecule has 0 saturated carbocycles. The minimum absolute atomic E-state index is 0.271. The quantitative estimate of drug-likeness (QED) is 0.683. The van der Waals surface area contributed by atoms with Crippen LogP contribution in [0.3, 0.4) is 0 Å². The zero-order valence-electron chi connectivity index (χ0n) is 15.1. The third-order valence-electron chi connectivity index (χ3n) is 5.34. The van der Waals surface area contributed by atoms with Crippen LogP contribution in [0.25, 0.3) is 0 Å². The predicted octanol–water partition coefficient (Wildman–Crippen LogP) is 4.32. The van der Waals surface area contributed by atoms with E-state index < -0.39 is 57.0 Å². The molecule has 0 heterocycles. The Morgan fingerprint density at radius 3 is 2.00 bits per heavy atom. The highest BCUT2D eigenvalue weighted by atomic mass is 35.5. The second-order valence-electron chi connectivity index (χ2n) is 7.04. The Kier molecular flexibility index (Phi) is 5.82. The molecule has 0 amide bonds. The van der Waals surface area contributed by atoms with Gasteiger partial charge in [0.25, 0.3) is 0 Å². The highest BCUT2D eigenvalue weighted by Crippen LogP contribution is 2.50. The lowest BCUT2D eigenvalue weighted by Crippen LogP contribution is -2.61. The molecule has 2 N–H and O–H groups in total. The van der Waals surface area contributed by atoms with E-state index in [0.717, 1.165) is 0 Å². The highest BCUT2D eigenvalue weighted by Gasteiger charge is 2.57. The number of benzene rings is 1. The van der Waals surface area contributed by atoms with Crippen LogP contribution in [-0.4, -0.2) is 46.7 Å². The summed E-state index contributed by atoms with van der Waals surface area (Å²) in [5.74, 6) is -3.31. The number of carboxylic acid groups (broad SMARTS) is 2. The Balaban J connectivity index is 2.81. The Labute approximate surface area is 169 Å². The van der Waals surface area contributed by atoms with Crippen LogP contribution in [0.15, 0.2) is 24.3 Å². The van der Waals surface area contributed by atoms with E-state index in [1.54, 1.807) is 6.92 Å². The molecule has 28 heavy (non-hydrogen) atoms. The smallest absolute Gasteiger partial charge is 0.416 e. The average Bonchev–Trinajstić information content (AvgIpc) is 2.54. The highest BCUT2D eigenvalue weighted by molar-refractivity contribution is 6.37. The summed E-state index contributed by atoms with van der Waals surface area (Å²) in [5, 5.41) is 18.9. The third kappa shape index (κ3) is 3.38. The molecule has 5 nitrogen and oxygen atoms in total. The molecule has 1 aromatic carbocycles. The second kappa shape index (κ2) is 7.24. The van der Waals surface area contributed by atoms with Gasteiger partial charge in [0, 0.05) is 27.9 Å². The molecular weight excluding hydrogens is 422 g/mol. The number of likely N-dealkylation sites (N-methyl/N-ethyl adjacent to an activating group) is 1. The van der Waals surface area contributed by atoms with Crippen LogP contribution in [0.4, 0.5) is 13.2 Å². The molecule has 2 rings (SSSR count). The van der Waals surface area contributed by atoms with Gasteiger partial charge in [-0.05, 0) is 26.2 Å². The minimum atomic E-state index is -4.73. The lowest BCUT2D eigenvalue weighted by molar-refractivity contribution is -0.157. The van der Waals surface area contributed by atoms with Crippen molar-refractivity contribution in [2.45, 2.75) is 30.5 Å². The first kappa shape index (κ1) is 22.5. The average molecular weight is 440 g/mol. The summed E-state index contributed by atoms with van der Waals surface area (Å²) < 4.78 is 39.1. The molecule has 0 aromatic heterocycles. The largest absolute Gasteiger partial charge is 0.480 e. The van der Waals surface area contributed by atoms with Crippen molar-refractivity contribution in [2.75, 3.05) is 14.1 Å². The summed E-state index contributed by atoms with van der Waals surface area (Å²) in [4.78, 5) is 25.8. The van der Waals surface area contributed by atoms with Crippen LogP contribution in [0, 0.1) is 5.92 Å². The third-order valence-corrected chi connectivity index (χ3v) is 5.93. The van der Waals surface area contributed by atoms with E-state index >= 15 is 0 Å². The molecule has 0 radical (unpaired) electrons. The van der Waals surface area contributed by atoms with Crippen molar-refractivity contribution < 1.29 is 33.0 Å². The lowest BCUT2D eigenvalue weighted by atomic mass is 9.62. The number of hydrogen-bond acceptors (Lipinski definition) is 3. The van der Waals surface area contributed by atoms with Gasteiger partial charge in [0.05, 0.1) is 5.56 Å². The van der Waals surface area contributed by atoms with E-state index in [-0.39, 0.29) is 5.56 Å². The number of carbonyl (C=O) groups is 2. The fraction of sp³-hybridized carbons (Fsp3) is 0.444. The number of nitrogens with zero attached hydrogens (tertiary/aromatic N) is 1. The summed E-state index contributed by atoms with van der Waals surface area (Å²) in [6.45, 7) is 1.62. The summed E-state index contributed by atoms with van der Waals surface area (Å²) in [5.41, 5.74) is -5.06. The van der Waals surface area contributed by atoms with Gasteiger partial charge in [-0.2, -0.15) is 13.2 Å². The van der Waals surface area contributed by atoms with Crippen molar-refractivity contribution in [2.24, 2.45) is 5.92 Å². The maximum Gasteiger partial charge on any atom is 0.416 e. The molecule has 1 aliphatic carbocycles. The maximum absolute atomic E-state index is 13.0. The Morgan fingerprint density at radius 2 is 1.64 bits per heavy atom. The van der Waals surface area contributed by atoms with Gasteiger partial charge in [-0.15, -0.1) is 0 Å². The van der Waals surface area contributed by atoms with E-state index in [0.29, 0.717) is 12.1 Å². The summed E-state index contributed by atoms with van der Waals surface area (Å²) in [6, 6.07) is 1.19. The van der Waals surface area contributed by atoms with Crippen LogP contribution in [-0.2, 0) is 21.2 Å². The Bertz CT molecular complexity index is 833. The van der Waals surface area contributed by atoms with Crippen LogP contribution < -0.4 is 0 Å². The maximum atomic E-state index is 13.0. The number of alkyl halides is 3. The van der Waals surface area contributed by atoms with Gasteiger partial charge in [-0.1, -0.05) is 42.3 Å². The fourth-order valence-corrected chi connectivity index (χ4v) is 4.55. The first-order valence-corrected chi connectivity index (χ1v) is 8.86. The predicted molar refractivity (Wildman–Crippen MR) is 97.8 cm³/mol. The molecular formula is C18H18Cl2F3NO4. The minimum Gasteiger partial charge on any atom is -0.480 e. The van der Waals surface area contributed by atoms with Crippen molar-refractivity contribution in [3.8, 4) is 0 Å². The van der Waals surface area contributed by atoms with Gasteiger partial charge in [0.1, 0.15) is 11.0 Å². The summed E-state index contributed by atoms with van der Waals surface area (Å²) >= 11 is 12.1. The van der Waals surface area contributed by atoms with E-state index in [1.165, 1.54) is 31.1 Å². The van der Waals surface area contributed by atoms with E-state index in [2.05, 4.69) is 0 Å². The molecule has 3 atom stereocenters. The van der Waals surface area contributed by atoms with E-state index in [4.69, 9.17) is 23.2 Å². The van der Waals surface area contributed by atoms with Crippen LogP contribution in [0.2, 0.25) is 10.0 Å². The molecule has 1 aromatic rings. The number of rotatable bonds is 4. The standard InChI is InChI=1S/C18H18Cl2F3NO4/c1-9-4-5-16(14(25)26,8-17(9,15(27)28)24(2)3)13-11(19)6-10(7-12(13)20)18(21,22)23/h4-7,9H,8H2,1-3H3,(H,25,26)(H,27,28). The van der Waals surface area contributed by atoms with Crippen molar-refractivity contribution in [3.63, 3.8) is 0 Å². The second-order valence-corrected chi connectivity index (χ2v) is 7.85. The van der Waals surface area contributed by atoms with Gasteiger partial charge in [-0.3, -0.25) is 14.5 Å². The van der Waals surface area contributed by atoms with Crippen molar-refractivity contribution >= 4 is 35.1 Å². The van der Waals surface area contributed by atoms with Gasteiger partial charge in [0.15, 0.2) is 0 Å². The number of halogens is 5. The van der Waals surface area contributed by atoms with Crippen molar-refractivity contribution in [1.29, 1.82) is 0 Å². The first-order valence-electron chi connectivity index (χ1n) is 8.10. The molecule has 3 unspecified atom stereocenters. The fourth-order valence-electron chi connectivity index (χ4n) is 3.73. The first-order chi connectivity index (χ1) is 12.7. The zero-order valence-corrected chi connectivity index (χ0v) is 16.7.